The van der Waals surface area contributed by atoms with Gasteiger partial charge in [-0.2, -0.15) is 0 Å². The summed E-state index contributed by atoms with van der Waals surface area (Å²) in [6, 6.07) is 17.7. The van der Waals surface area contributed by atoms with Gasteiger partial charge in [-0.05, 0) is 47.9 Å². The van der Waals surface area contributed by atoms with Crippen molar-refractivity contribution < 1.29 is 13.2 Å². The van der Waals surface area contributed by atoms with Crippen LogP contribution in [0.2, 0.25) is 0 Å². The van der Waals surface area contributed by atoms with Crippen molar-refractivity contribution in [1.29, 1.82) is 0 Å². The highest BCUT2D eigenvalue weighted by atomic mass is 32.2. The van der Waals surface area contributed by atoms with Crippen LogP contribution in [0.5, 0.6) is 0 Å². The van der Waals surface area contributed by atoms with Gasteiger partial charge in [0, 0.05) is 5.39 Å². The van der Waals surface area contributed by atoms with Crippen molar-refractivity contribution in [2.24, 2.45) is 0 Å². The fourth-order valence-corrected chi connectivity index (χ4v) is 6.00. The van der Waals surface area contributed by atoms with Gasteiger partial charge in [0.25, 0.3) is 10.0 Å². The lowest BCUT2D eigenvalue weighted by atomic mass is 9.86. The van der Waals surface area contributed by atoms with Crippen LogP contribution in [0.25, 0.3) is 10.8 Å². The second kappa shape index (κ2) is 7.38. The number of amides is 1. The summed E-state index contributed by atoms with van der Waals surface area (Å²) in [5, 5.41) is 4.51. The first-order chi connectivity index (χ1) is 14.5. The molecule has 0 saturated heterocycles. The average molecular weight is 437 g/mol. The average Bonchev–Trinajstić information content (AvgIpc) is 2.95. The summed E-state index contributed by atoms with van der Waals surface area (Å²) in [5.74, 6) is -0.333. The Kier molecular flexibility index (Phi) is 5.09. The number of benzene rings is 3. The van der Waals surface area contributed by atoms with E-state index in [1.165, 1.54) is 9.87 Å². The quantitative estimate of drug-likeness (QED) is 0.632. The Bertz CT molecular complexity index is 1250. The van der Waals surface area contributed by atoms with Gasteiger partial charge in [-0.15, -0.1) is 0 Å². The maximum atomic E-state index is 13.2. The van der Waals surface area contributed by atoms with Gasteiger partial charge < -0.3 is 5.32 Å². The minimum Gasteiger partial charge on any atom is -0.348 e. The topological polar surface area (TPSA) is 66.5 Å². The number of hydrogen-bond donors (Lipinski definition) is 1. The molecule has 4 rings (SSSR count). The number of nitrogens with zero attached hydrogens (tertiary/aromatic N) is 1. The maximum Gasteiger partial charge on any atom is 0.265 e. The van der Waals surface area contributed by atoms with E-state index in [0.29, 0.717) is 11.1 Å². The summed E-state index contributed by atoms with van der Waals surface area (Å²) in [6.45, 7) is 10.0. The van der Waals surface area contributed by atoms with Crippen LogP contribution >= 0.6 is 0 Å². The SMILES string of the molecule is C[C@@H](NC(=O)[C@H](C)N1c2cccc3cccc(c23)S1(=O)=O)c1ccc(C(C)(C)C)cc1. The predicted octanol–water partition coefficient (Wildman–Crippen LogP) is 4.91. The third-order valence-corrected chi connectivity index (χ3v) is 7.91. The molecule has 3 aromatic rings. The Morgan fingerprint density at radius 2 is 1.55 bits per heavy atom. The molecule has 0 radical (unpaired) electrons. The van der Waals surface area contributed by atoms with Gasteiger partial charge in [0.15, 0.2) is 0 Å². The summed E-state index contributed by atoms with van der Waals surface area (Å²) in [4.78, 5) is 13.3. The van der Waals surface area contributed by atoms with Crippen molar-refractivity contribution in [2.45, 2.75) is 57.0 Å². The van der Waals surface area contributed by atoms with E-state index >= 15 is 0 Å². The second-order valence-corrected chi connectivity index (χ2v) is 11.0. The van der Waals surface area contributed by atoms with E-state index in [0.717, 1.165) is 10.9 Å². The molecule has 2 atom stereocenters. The van der Waals surface area contributed by atoms with Crippen LogP contribution in [0, 0.1) is 0 Å². The number of rotatable bonds is 4. The van der Waals surface area contributed by atoms with Crippen molar-refractivity contribution >= 4 is 32.4 Å². The zero-order valence-electron chi connectivity index (χ0n) is 18.5. The number of carbonyl (C=O) groups excluding carboxylic acids is 1. The van der Waals surface area contributed by atoms with Crippen LogP contribution in [-0.2, 0) is 20.2 Å². The van der Waals surface area contributed by atoms with Crippen LogP contribution in [0.4, 0.5) is 5.69 Å². The fourth-order valence-electron chi connectivity index (χ4n) is 4.13. The van der Waals surface area contributed by atoms with E-state index in [1.54, 1.807) is 25.1 Å². The maximum absolute atomic E-state index is 13.2. The first-order valence-corrected chi connectivity index (χ1v) is 11.9. The van der Waals surface area contributed by atoms with Gasteiger partial charge in [-0.25, -0.2) is 8.42 Å². The van der Waals surface area contributed by atoms with Crippen LogP contribution in [0.1, 0.15) is 51.8 Å². The number of carbonyl (C=O) groups is 1. The number of sulfonamides is 1. The van der Waals surface area contributed by atoms with E-state index < -0.39 is 16.1 Å². The molecular formula is C25H28N2O3S. The summed E-state index contributed by atoms with van der Waals surface area (Å²) >= 11 is 0. The van der Waals surface area contributed by atoms with Gasteiger partial charge >= 0.3 is 0 Å². The fraction of sp³-hybridized carbons (Fsp3) is 0.320. The summed E-state index contributed by atoms with van der Waals surface area (Å²) in [7, 11) is -3.79. The molecule has 1 aliphatic heterocycles. The zero-order chi connectivity index (χ0) is 22.6. The summed E-state index contributed by atoms with van der Waals surface area (Å²) in [6.07, 6.45) is 0. The van der Waals surface area contributed by atoms with E-state index in [-0.39, 0.29) is 22.3 Å². The third-order valence-electron chi connectivity index (χ3n) is 5.99. The number of nitrogens with one attached hydrogen (secondary N) is 1. The van der Waals surface area contributed by atoms with Crippen molar-refractivity contribution in [1.82, 2.24) is 5.32 Å². The highest BCUT2D eigenvalue weighted by molar-refractivity contribution is 7.93. The van der Waals surface area contributed by atoms with Crippen molar-refractivity contribution in [3.05, 3.63) is 71.8 Å². The molecule has 0 fully saturated rings. The summed E-state index contributed by atoms with van der Waals surface area (Å²) < 4.78 is 27.7. The highest BCUT2D eigenvalue weighted by Gasteiger charge is 2.41. The molecule has 1 aliphatic rings. The van der Waals surface area contributed by atoms with Crippen LogP contribution in [-0.4, -0.2) is 20.4 Å². The summed E-state index contributed by atoms with van der Waals surface area (Å²) in [5.41, 5.74) is 2.80. The van der Waals surface area contributed by atoms with Gasteiger partial charge in [-0.1, -0.05) is 69.3 Å². The Labute approximate surface area is 184 Å². The number of anilines is 1. The van der Waals surface area contributed by atoms with E-state index in [2.05, 4.69) is 38.2 Å². The molecule has 0 unspecified atom stereocenters. The molecular weight excluding hydrogens is 408 g/mol. The first-order valence-electron chi connectivity index (χ1n) is 10.5. The molecule has 0 aromatic heterocycles. The molecule has 162 valence electrons. The highest BCUT2D eigenvalue weighted by Crippen LogP contribution is 2.43. The second-order valence-electron chi connectivity index (χ2n) is 9.21. The van der Waals surface area contributed by atoms with Crippen LogP contribution < -0.4 is 9.62 Å². The van der Waals surface area contributed by atoms with E-state index in [1.807, 2.05) is 37.3 Å². The Morgan fingerprint density at radius 1 is 0.935 bits per heavy atom. The molecule has 0 aliphatic carbocycles. The standard InChI is InChI=1S/C25H28N2O3S/c1-16(18-12-14-20(15-13-18)25(3,4)5)26-24(28)17(2)27-21-10-6-8-19-9-7-11-22(23(19)21)31(27,29)30/h6-17H,1-5H3,(H,26,28)/t16-,17+/m1/s1. The smallest absolute Gasteiger partial charge is 0.265 e. The van der Waals surface area contributed by atoms with Gasteiger partial charge in [0.2, 0.25) is 5.91 Å². The lowest BCUT2D eigenvalue weighted by Crippen LogP contribution is -2.47. The lowest BCUT2D eigenvalue weighted by molar-refractivity contribution is -0.122. The molecule has 0 bridgehead atoms. The molecule has 0 spiro atoms. The molecule has 6 heteroatoms. The Hall–Kier alpha value is -2.86. The minimum atomic E-state index is -3.79. The van der Waals surface area contributed by atoms with Crippen LogP contribution in [0.15, 0.2) is 65.6 Å². The van der Waals surface area contributed by atoms with Gasteiger partial charge in [-0.3, -0.25) is 9.10 Å². The zero-order valence-corrected chi connectivity index (χ0v) is 19.3. The minimum absolute atomic E-state index is 0.0552. The predicted molar refractivity (Wildman–Crippen MR) is 125 cm³/mol. The van der Waals surface area contributed by atoms with Crippen molar-refractivity contribution in [3.8, 4) is 0 Å². The van der Waals surface area contributed by atoms with Crippen molar-refractivity contribution in [2.75, 3.05) is 4.31 Å². The normalized spacial score (nSPS) is 16.9. The van der Waals surface area contributed by atoms with Gasteiger partial charge in [0.1, 0.15) is 6.04 Å². The lowest BCUT2D eigenvalue weighted by Gasteiger charge is -2.27. The molecule has 3 aromatic carbocycles. The first kappa shape index (κ1) is 21.4. The monoisotopic (exact) mass is 436 g/mol. The molecule has 1 amide bonds. The van der Waals surface area contributed by atoms with Crippen molar-refractivity contribution in [3.63, 3.8) is 0 Å². The molecule has 1 heterocycles. The third kappa shape index (κ3) is 3.59. The molecule has 0 saturated carbocycles. The molecule has 31 heavy (non-hydrogen) atoms. The Balaban J connectivity index is 1.58. The Morgan fingerprint density at radius 3 is 2.16 bits per heavy atom. The van der Waals surface area contributed by atoms with E-state index in [4.69, 9.17) is 0 Å². The number of hydrogen-bond acceptors (Lipinski definition) is 3. The molecule has 1 N–H and O–H groups in total. The van der Waals surface area contributed by atoms with Gasteiger partial charge in [0.05, 0.1) is 16.6 Å². The van der Waals surface area contributed by atoms with Crippen LogP contribution in [0.3, 0.4) is 0 Å². The van der Waals surface area contributed by atoms with E-state index in [9.17, 15) is 13.2 Å². The largest absolute Gasteiger partial charge is 0.348 e. The molecule has 5 nitrogen and oxygen atoms in total.